The molecule has 0 radical (unpaired) electrons. The van der Waals surface area contributed by atoms with E-state index in [9.17, 15) is 4.79 Å². The first kappa shape index (κ1) is 12.8. The lowest BCUT2D eigenvalue weighted by molar-refractivity contribution is -0.133. The van der Waals surface area contributed by atoms with Crippen molar-refractivity contribution < 1.29 is 4.79 Å². The van der Waals surface area contributed by atoms with Gasteiger partial charge in [-0.15, -0.1) is 0 Å². The summed E-state index contributed by atoms with van der Waals surface area (Å²) in [4.78, 5) is 16.4. The average Bonchev–Trinajstić information content (AvgIpc) is 2.77. The summed E-state index contributed by atoms with van der Waals surface area (Å²) < 4.78 is 0. The van der Waals surface area contributed by atoms with Crippen LogP contribution >= 0.6 is 0 Å². The van der Waals surface area contributed by atoms with Gasteiger partial charge in [0.2, 0.25) is 5.91 Å². The van der Waals surface area contributed by atoms with E-state index in [4.69, 9.17) is 0 Å². The molecule has 2 fully saturated rings. The number of carbonyl (C=O) groups is 1. The summed E-state index contributed by atoms with van der Waals surface area (Å²) in [7, 11) is 2.10. The Labute approximate surface area is 104 Å². The molecule has 0 aromatic carbocycles. The molecule has 1 aliphatic heterocycles. The fraction of sp³-hybridized carbons (Fsp3) is 0.923. The molecule has 0 aromatic heterocycles. The van der Waals surface area contributed by atoms with Crippen LogP contribution in [0.15, 0.2) is 0 Å². The predicted octanol–water partition coefficient (Wildman–Crippen LogP) is 0.539. The van der Waals surface area contributed by atoms with Gasteiger partial charge in [0.05, 0.1) is 6.54 Å². The van der Waals surface area contributed by atoms with E-state index in [2.05, 4.69) is 24.2 Å². The molecule has 1 aliphatic carbocycles. The molecule has 4 heteroatoms. The van der Waals surface area contributed by atoms with Crippen LogP contribution in [0.25, 0.3) is 0 Å². The van der Waals surface area contributed by atoms with Gasteiger partial charge < -0.3 is 10.2 Å². The zero-order valence-corrected chi connectivity index (χ0v) is 11.1. The maximum atomic E-state index is 12.1. The normalized spacial score (nSPS) is 29.9. The molecule has 1 heterocycles. The van der Waals surface area contributed by atoms with Crippen LogP contribution in [0.2, 0.25) is 0 Å². The first-order valence-corrected chi connectivity index (χ1v) is 6.85. The Morgan fingerprint density at radius 3 is 2.65 bits per heavy atom. The van der Waals surface area contributed by atoms with E-state index >= 15 is 0 Å². The molecule has 2 rings (SSSR count). The molecule has 0 spiro atoms. The Morgan fingerprint density at radius 2 is 2.06 bits per heavy atom. The number of amides is 1. The van der Waals surface area contributed by atoms with Crippen molar-refractivity contribution >= 4 is 5.91 Å². The maximum Gasteiger partial charge on any atom is 0.236 e. The highest BCUT2D eigenvalue weighted by Gasteiger charge is 2.27. The summed E-state index contributed by atoms with van der Waals surface area (Å²) in [6.07, 6.45) is 3.83. The molecule has 4 nitrogen and oxygen atoms in total. The van der Waals surface area contributed by atoms with Crippen molar-refractivity contribution in [2.75, 3.05) is 39.8 Å². The smallest absolute Gasteiger partial charge is 0.236 e. The standard InChI is InChI=1S/C13H25N3O/c1-11-3-4-12(9-11)15(2)10-13(17)16-7-5-14-6-8-16/h11-12,14H,3-10H2,1-2H3. The molecule has 1 saturated heterocycles. The number of likely N-dealkylation sites (N-methyl/N-ethyl adjacent to an activating group) is 1. The number of carbonyl (C=O) groups excluding carboxylic acids is 1. The molecule has 0 bridgehead atoms. The van der Waals surface area contributed by atoms with E-state index in [-0.39, 0.29) is 0 Å². The predicted molar refractivity (Wildman–Crippen MR) is 68.9 cm³/mol. The minimum Gasteiger partial charge on any atom is -0.339 e. The third-order valence-electron chi connectivity index (χ3n) is 4.14. The first-order chi connectivity index (χ1) is 8.16. The second-order valence-corrected chi connectivity index (χ2v) is 5.62. The Kier molecular flexibility index (Phi) is 4.40. The average molecular weight is 239 g/mol. The van der Waals surface area contributed by atoms with Crippen LogP contribution in [-0.4, -0.2) is 61.5 Å². The highest BCUT2D eigenvalue weighted by molar-refractivity contribution is 5.78. The van der Waals surface area contributed by atoms with Crippen molar-refractivity contribution in [3.8, 4) is 0 Å². The molecule has 2 unspecified atom stereocenters. The number of nitrogens with zero attached hydrogens (tertiary/aromatic N) is 2. The van der Waals surface area contributed by atoms with Crippen molar-refractivity contribution in [3.63, 3.8) is 0 Å². The minimum atomic E-state index is 0.300. The lowest BCUT2D eigenvalue weighted by Gasteiger charge is -2.31. The molecule has 1 saturated carbocycles. The van der Waals surface area contributed by atoms with Gasteiger partial charge >= 0.3 is 0 Å². The highest BCUT2D eigenvalue weighted by Crippen LogP contribution is 2.27. The van der Waals surface area contributed by atoms with Crippen molar-refractivity contribution in [2.24, 2.45) is 5.92 Å². The number of nitrogens with one attached hydrogen (secondary N) is 1. The van der Waals surface area contributed by atoms with Crippen LogP contribution < -0.4 is 5.32 Å². The summed E-state index contributed by atoms with van der Waals surface area (Å²) in [6, 6.07) is 0.622. The first-order valence-electron chi connectivity index (χ1n) is 6.85. The monoisotopic (exact) mass is 239 g/mol. The molecule has 2 aliphatic rings. The summed E-state index contributed by atoms with van der Waals surface area (Å²) in [5.41, 5.74) is 0. The van der Waals surface area contributed by atoms with E-state index < -0.39 is 0 Å². The summed E-state index contributed by atoms with van der Waals surface area (Å²) in [5, 5.41) is 3.28. The molecule has 2 atom stereocenters. The Balaban J connectivity index is 1.77. The summed E-state index contributed by atoms with van der Waals surface area (Å²) in [5.74, 6) is 1.13. The van der Waals surface area contributed by atoms with Gasteiger partial charge in [-0.25, -0.2) is 0 Å². The minimum absolute atomic E-state index is 0.300. The lowest BCUT2D eigenvalue weighted by atomic mass is 10.1. The van der Waals surface area contributed by atoms with Gasteiger partial charge in [0.15, 0.2) is 0 Å². The molecular formula is C13H25N3O. The second kappa shape index (κ2) is 5.83. The summed E-state index contributed by atoms with van der Waals surface area (Å²) >= 11 is 0. The van der Waals surface area contributed by atoms with Crippen molar-refractivity contribution in [2.45, 2.75) is 32.2 Å². The summed E-state index contributed by atoms with van der Waals surface area (Å²) in [6.45, 7) is 6.52. The second-order valence-electron chi connectivity index (χ2n) is 5.62. The fourth-order valence-electron chi connectivity index (χ4n) is 2.93. The van der Waals surface area contributed by atoms with E-state index in [1.165, 1.54) is 19.3 Å². The SMILES string of the molecule is CC1CCC(N(C)CC(=O)N2CCNCC2)C1. The topological polar surface area (TPSA) is 35.6 Å². The van der Waals surface area contributed by atoms with Crippen LogP contribution in [-0.2, 0) is 4.79 Å². The van der Waals surface area contributed by atoms with Crippen LogP contribution in [0, 0.1) is 5.92 Å². The van der Waals surface area contributed by atoms with E-state index in [0.717, 1.165) is 32.1 Å². The Bertz CT molecular complexity index is 263. The lowest BCUT2D eigenvalue weighted by Crippen LogP contribution is -2.50. The third-order valence-corrected chi connectivity index (χ3v) is 4.14. The van der Waals surface area contributed by atoms with Crippen LogP contribution in [0.3, 0.4) is 0 Å². The van der Waals surface area contributed by atoms with Gasteiger partial charge in [-0.05, 0) is 32.2 Å². The van der Waals surface area contributed by atoms with E-state index in [1.54, 1.807) is 0 Å². The molecule has 1 amide bonds. The maximum absolute atomic E-state index is 12.1. The number of piperazine rings is 1. The van der Waals surface area contributed by atoms with E-state index in [0.29, 0.717) is 18.5 Å². The van der Waals surface area contributed by atoms with Gasteiger partial charge in [-0.2, -0.15) is 0 Å². The van der Waals surface area contributed by atoms with Gasteiger partial charge in [0, 0.05) is 32.2 Å². The van der Waals surface area contributed by atoms with E-state index in [1.807, 2.05) is 4.90 Å². The van der Waals surface area contributed by atoms with Gasteiger partial charge in [-0.1, -0.05) is 6.92 Å². The van der Waals surface area contributed by atoms with Crippen molar-refractivity contribution in [3.05, 3.63) is 0 Å². The Hall–Kier alpha value is -0.610. The molecule has 98 valence electrons. The van der Waals surface area contributed by atoms with Gasteiger partial charge in [0.1, 0.15) is 0 Å². The van der Waals surface area contributed by atoms with Crippen LogP contribution in [0.4, 0.5) is 0 Å². The molecule has 1 N–H and O–H groups in total. The molecule has 0 aromatic rings. The Morgan fingerprint density at radius 1 is 1.35 bits per heavy atom. The number of hydrogen-bond acceptors (Lipinski definition) is 3. The largest absolute Gasteiger partial charge is 0.339 e. The number of hydrogen-bond donors (Lipinski definition) is 1. The van der Waals surface area contributed by atoms with Crippen molar-refractivity contribution in [1.29, 1.82) is 0 Å². The van der Waals surface area contributed by atoms with Crippen molar-refractivity contribution in [1.82, 2.24) is 15.1 Å². The molecule has 17 heavy (non-hydrogen) atoms. The highest BCUT2D eigenvalue weighted by atomic mass is 16.2. The van der Waals surface area contributed by atoms with Gasteiger partial charge in [0.25, 0.3) is 0 Å². The number of rotatable bonds is 3. The zero-order chi connectivity index (χ0) is 12.3. The van der Waals surface area contributed by atoms with Crippen LogP contribution in [0.1, 0.15) is 26.2 Å². The van der Waals surface area contributed by atoms with Crippen LogP contribution in [0.5, 0.6) is 0 Å². The fourth-order valence-corrected chi connectivity index (χ4v) is 2.93. The van der Waals surface area contributed by atoms with Gasteiger partial charge in [-0.3, -0.25) is 9.69 Å². The molecular weight excluding hydrogens is 214 g/mol. The zero-order valence-electron chi connectivity index (χ0n) is 11.1. The quantitative estimate of drug-likeness (QED) is 0.781. The third kappa shape index (κ3) is 3.42.